The van der Waals surface area contributed by atoms with E-state index in [0.29, 0.717) is 11.6 Å². The van der Waals surface area contributed by atoms with Crippen LogP contribution in [0.2, 0.25) is 5.02 Å². The van der Waals surface area contributed by atoms with Gasteiger partial charge in [0.2, 0.25) is 0 Å². The van der Waals surface area contributed by atoms with Crippen LogP contribution in [0.4, 0.5) is 5.82 Å². The third-order valence-corrected chi connectivity index (χ3v) is 3.90. The SMILES string of the molecule is Clc1ccc(NCc2cnc(-c3cccnc3)s2)nc1. The summed E-state index contributed by atoms with van der Waals surface area (Å²) in [5.74, 6) is 0.797. The zero-order chi connectivity index (χ0) is 13.8. The molecular formula is C14H11ClN4S. The van der Waals surface area contributed by atoms with Crippen molar-refractivity contribution in [3.63, 3.8) is 0 Å². The number of rotatable bonds is 4. The van der Waals surface area contributed by atoms with Crippen molar-refractivity contribution in [3.8, 4) is 10.6 Å². The first-order valence-electron chi connectivity index (χ1n) is 6.02. The second kappa shape index (κ2) is 5.98. The van der Waals surface area contributed by atoms with Crippen LogP contribution in [-0.4, -0.2) is 15.0 Å². The molecule has 0 bridgehead atoms. The first-order valence-corrected chi connectivity index (χ1v) is 7.21. The van der Waals surface area contributed by atoms with Crippen molar-refractivity contribution in [2.75, 3.05) is 5.32 Å². The number of halogens is 1. The third kappa shape index (κ3) is 3.12. The van der Waals surface area contributed by atoms with Gasteiger partial charge in [-0.05, 0) is 24.3 Å². The van der Waals surface area contributed by atoms with Gasteiger partial charge in [-0.25, -0.2) is 9.97 Å². The molecule has 1 N–H and O–H groups in total. The molecule has 20 heavy (non-hydrogen) atoms. The quantitative estimate of drug-likeness (QED) is 0.795. The highest BCUT2D eigenvalue weighted by atomic mass is 35.5. The van der Waals surface area contributed by atoms with E-state index in [4.69, 9.17) is 11.6 Å². The van der Waals surface area contributed by atoms with E-state index in [9.17, 15) is 0 Å². The molecule has 4 nitrogen and oxygen atoms in total. The molecule has 0 amide bonds. The number of anilines is 1. The van der Waals surface area contributed by atoms with E-state index >= 15 is 0 Å². The van der Waals surface area contributed by atoms with E-state index in [-0.39, 0.29) is 0 Å². The maximum absolute atomic E-state index is 5.80. The van der Waals surface area contributed by atoms with Crippen LogP contribution in [0.15, 0.2) is 49.1 Å². The van der Waals surface area contributed by atoms with Crippen LogP contribution >= 0.6 is 22.9 Å². The summed E-state index contributed by atoms with van der Waals surface area (Å²) < 4.78 is 0. The van der Waals surface area contributed by atoms with Crippen LogP contribution in [-0.2, 0) is 6.54 Å². The second-order valence-electron chi connectivity index (χ2n) is 4.09. The number of hydrogen-bond donors (Lipinski definition) is 1. The Morgan fingerprint density at radius 2 is 2.05 bits per heavy atom. The van der Waals surface area contributed by atoms with Gasteiger partial charge in [0.1, 0.15) is 10.8 Å². The minimum atomic E-state index is 0.632. The van der Waals surface area contributed by atoms with Crippen LogP contribution in [0.25, 0.3) is 10.6 Å². The maximum atomic E-state index is 5.80. The fourth-order valence-corrected chi connectivity index (χ4v) is 2.62. The predicted octanol–water partition coefficient (Wildman–Crippen LogP) is 3.87. The third-order valence-electron chi connectivity index (χ3n) is 2.63. The Hall–Kier alpha value is -1.98. The maximum Gasteiger partial charge on any atom is 0.126 e. The molecule has 0 aromatic carbocycles. The van der Waals surface area contributed by atoms with Gasteiger partial charge >= 0.3 is 0 Å². The van der Waals surface area contributed by atoms with Crippen molar-refractivity contribution in [2.45, 2.75) is 6.54 Å². The normalized spacial score (nSPS) is 10.4. The van der Waals surface area contributed by atoms with Crippen molar-refractivity contribution in [2.24, 2.45) is 0 Å². The largest absolute Gasteiger partial charge is 0.365 e. The first-order chi connectivity index (χ1) is 9.81. The Bertz CT molecular complexity index is 682. The number of nitrogens with zero attached hydrogens (tertiary/aromatic N) is 3. The van der Waals surface area contributed by atoms with Crippen LogP contribution in [0.5, 0.6) is 0 Å². The number of nitrogens with one attached hydrogen (secondary N) is 1. The molecule has 0 aliphatic carbocycles. The van der Waals surface area contributed by atoms with Crippen molar-refractivity contribution in [1.29, 1.82) is 0 Å². The molecule has 6 heteroatoms. The van der Waals surface area contributed by atoms with Gasteiger partial charge in [-0.1, -0.05) is 11.6 Å². The fourth-order valence-electron chi connectivity index (χ4n) is 1.67. The summed E-state index contributed by atoms with van der Waals surface area (Å²) in [7, 11) is 0. The zero-order valence-corrected chi connectivity index (χ0v) is 12.0. The number of thiazole rings is 1. The lowest BCUT2D eigenvalue weighted by Gasteiger charge is -2.02. The molecule has 0 aliphatic rings. The van der Waals surface area contributed by atoms with Gasteiger partial charge in [0.05, 0.1) is 11.6 Å². The molecule has 0 aliphatic heterocycles. The Kier molecular flexibility index (Phi) is 3.90. The Balaban J connectivity index is 1.67. The monoisotopic (exact) mass is 302 g/mol. The molecule has 0 spiro atoms. The minimum absolute atomic E-state index is 0.632. The van der Waals surface area contributed by atoms with E-state index < -0.39 is 0 Å². The van der Waals surface area contributed by atoms with Gasteiger partial charge < -0.3 is 5.32 Å². The van der Waals surface area contributed by atoms with Crippen LogP contribution < -0.4 is 5.32 Å². The molecule has 3 aromatic heterocycles. The lowest BCUT2D eigenvalue weighted by atomic mass is 10.3. The van der Waals surface area contributed by atoms with E-state index in [0.717, 1.165) is 21.3 Å². The van der Waals surface area contributed by atoms with Gasteiger partial charge in [0.15, 0.2) is 0 Å². The van der Waals surface area contributed by atoms with E-state index in [1.54, 1.807) is 23.7 Å². The highest BCUT2D eigenvalue weighted by molar-refractivity contribution is 7.15. The highest BCUT2D eigenvalue weighted by Crippen LogP contribution is 2.24. The van der Waals surface area contributed by atoms with Crippen LogP contribution in [0.1, 0.15) is 4.88 Å². The molecule has 0 saturated heterocycles. The average Bonchev–Trinajstić information content (AvgIpc) is 2.97. The van der Waals surface area contributed by atoms with Crippen molar-refractivity contribution >= 4 is 28.8 Å². The van der Waals surface area contributed by atoms with Gasteiger partial charge in [-0.3, -0.25) is 4.98 Å². The summed E-state index contributed by atoms with van der Waals surface area (Å²) in [6, 6.07) is 7.58. The van der Waals surface area contributed by atoms with Gasteiger partial charge in [0.25, 0.3) is 0 Å². The Morgan fingerprint density at radius 1 is 1.10 bits per heavy atom. The molecule has 0 radical (unpaired) electrons. The van der Waals surface area contributed by atoms with Crippen LogP contribution in [0, 0.1) is 0 Å². The van der Waals surface area contributed by atoms with Gasteiger partial charge in [0, 0.05) is 35.2 Å². The number of hydrogen-bond acceptors (Lipinski definition) is 5. The van der Waals surface area contributed by atoms with Crippen molar-refractivity contribution in [1.82, 2.24) is 15.0 Å². The standard InChI is InChI=1S/C14H11ClN4S/c15-11-3-4-13(17-7-11)18-8-12-9-19-14(20-12)10-2-1-5-16-6-10/h1-7,9H,8H2,(H,17,18). The predicted molar refractivity (Wildman–Crippen MR) is 81.9 cm³/mol. The summed E-state index contributed by atoms with van der Waals surface area (Å²) in [6.45, 7) is 0.687. The summed E-state index contributed by atoms with van der Waals surface area (Å²) in [5.41, 5.74) is 1.04. The van der Waals surface area contributed by atoms with Crippen molar-refractivity contribution in [3.05, 3.63) is 59.0 Å². The summed E-state index contributed by atoms with van der Waals surface area (Å²) >= 11 is 7.44. The zero-order valence-electron chi connectivity index (χ0n) is 10.5. The Morgan fingerprint density at radius 3 is 2.80 bits per heavy atom. The fraction of sp³-hybridized carbons (Fsp3) is 0.0714. The molecule has 3 heterocycles. The number of aromatic nitrogens is 3. The summed E-state index contributed by atoms with van der Waals surface area (Å²) in [5, 5.41) is 4.84. The number of pyridine rings is 2. The summed E-state index contributed by atoms with van der Waals surface area (Å²) in [4.78, 5) is 13.8. The topological polar surface area (TPSA) is 50.7 Å². The van der Waals surface area contributed by atoms with Crippen LogP contribution in [0.3, 0.4) is 0 Å². The molecule has 0 atom stereocenters. The lowest BCUT2D eigenvalue weighted by molar-refractivity contribution is 1.13. The molecule has 0 unspecified atom stereocenters. The molecule has 3 rings (SSSR count). The van der Waals surface area contributed by atoms with Crippen molar-refractivity contribution < 1.29 is 0 Å². The minimum Gasteiger partial charge on any atom is -0.365 e. The molecule has 3 aromatic rings. The molecule has 0 fully saturated rings. The average molecular weight is 303 g/mol. The Labute approximate surface area is 125 Å². The molecular weight excluding hydrogens is 292 g/mol. The lowest BCUT2D eigenvalue weighted by Crippen LogP contribution is -1.98. The first kappa shape index (κ1) is 13.0. The van der Waals surface area contributed by atoms with E-state index in [2.05, 4.69) is 20.3 Å². The van der Waals surface area contributed by atoms with E-state index in [1.165, 1.54) is 0 Å². The van der Waals surface area contributed by atoms with E-state index in [1.807, 2.05) is 36.7 Å². The highest BCUT2D eigenvalue weighted by Gasteiger charge is 2.04. The van der Waals surface area contributed by atoms with Gasteiger partial charge in [-0.2, -0.15) is 0 Å². The second-order valence-corrected chi connectivity index (χ2v) is 5.64. The smallest absolute Gasteiger partial charge is 0.126 e. The van der Waals surface area contributed by atoms with Gasteiger partial charge in [-0.15, -0.1) is 11.3 Å². The summed E-state index contributed by atoms with van der Waals surface area (Å²) in [6.07, 6.45) is 7.07. The molecule has 0 saturated carbocycles. The molecule has 100 valence electrons.